The molecule has 0 bridgehead atoms. The zero-order valence-corrected chi connectivity index (χ0v) is 9.22. The summed E-state index contributed by atoms with van der Waals surface area (Å²) in [7, 11) is 0. The summed E-state index contributed by atoms with van der Waals surface area (Å²) in [4.78, 5) is 8.31. The third-order valence-electron chi connectivity index (χ3n) is 1.85. The zero-order valence-electron chi connectivity index (χ0n) is 8.46. The van der Waals surface area contributed by atoms with Gasteiger partial charge in [-0.1, -0.05) is 13.3 Å². The predicted molar refractivity (Wildman–Crippen MR) is 59.9 cm³/mol. The van der Waals surface area contributed by atoms with Crippen LogP contribution in [0.2, 0.25) is 0 Å². The first-order chi connectivity index (χ1) is 6.86. The van der Waals surface area contributed by atoms with Crippen LogP contribution in [-0.2, 0) is 6.42 Å². The number of hydrogen-bond donors (Lipinski definition) is 1. The van der Waals surface area contributed by atoms with Crippen molar-refractivity contribution >= 4 is 17.4 Å². The SMILES string of the molecule is CCCc1cc(NCCCCl)ncn1. The van der Waals surface area contributed by atoms with E-state index in [1.165, 1.54) is 0 Å². The highest BCUT2D eigenvalue weighted by Crippen LogP contribution is 2.05. The van der Waals surface area contributed by atoms with E-state index in [9.17, 15) is 0 Å². The third-order valence-corrected chi connectivity index (χ3v) is 2.11. The summed E-state index contributed by atoms with van der Waals surface area (Å²) in [5.74, 6) is 1.58. The molecule has 1 aromatic heterocycles. The van der Waals surface area contributed by atoms with Gasteiger partial charge in [0.05, 0.1) is 0 Å². The summed E-state index contributed by atoms with van der Waals surface area (Å²) in [5.41, 5.74) is 1.09. The van der Waals surface area contributed by atoms with E-state index in [1.807, 2.05) is 6.07 Å². The van der Waals surface area contributed by atoms with Crippen molar-refractivity contribution in [2.24, 2.45) is 0 Å². The van der Waals surface area contributed by atoms with Crippen LogP contribution in [0.5, 0.6) is 0 Å². The van der Waals surface area contributed by atoms with E-state index < -0.39 is 0 Å². The average Bonchev–Trinajstić information content (AvgIpc) is 2.19. The van der Waals surface area contributed by atoms with Crippen LogP contribution < -0.4 is 5.32 Å². The maximum Gasteiger partial charge on any atom is 0.129 e. The molecule has 0 aromatic carbocycles. The molecule has 1 rings (SSSR count). The zero-order chi connectivity index (χ0) is 10.2. The van der Waals surface area contributed by atoms with Gasteiger partial charge in [0.25, 0.3) is 0 Å². The minimum absolute atomic E-state index is 0.680. The third kappa shape index (κ3) is 3.92. The molecule has 0 saturated carbocycles. The highest BCUT2D eigenvalue weighted by atomic mass is 35.5. The Labute approximate surface area is 89.9 Å². The van der Waals surface area contributed by atoms with Crippen molar-refractivity contribution in [2.75, 3.05) is 17.7 Å². The summed E-state index contributed by atoms with van der Waals surface area (Å²) in [5, 5.41) is 3.21. The summed E-state index contributed by atoms with van der Waals surface area (Å²) in [6.07, 6.45) is 4.67. The van der Waals surface area contributed by atoms with E-state index >= 15 is 0 Å². The Hall–Kier alpha value is -0.830. The molecular weight excluding hydrogens is 198 g/mol. The summed E-state index contributed by atoms with van der Waals surface area (Å²) in [6, 6.07) is 2.00. The molecule has 3 nitrogen and oxygen atoms in total. The molecule has 1 heterocycles. The largest absolute Gasteiger partial charge is 0.370 e. The topological polar surface area (TPSA) is 37.8 Å². The van der Waals surface area contributed by atoms with Crippen molar-refractivity contribution < 1.29 is 0 Å². The number of aryl methyl sites for hydroxylation is 1. The molecule has 0 fully saturated rings. The van der Waals surface area contributed by atoms with E-state index in [0.29, 0.717) is 5.88 Å². The molecule has 1 aromatic rings. The lowest BCUT2D eigenvalue weighted by Gasteiger charge is -2.04. The lowest BCUT2D eigenvalue weighted by atomic mass is 10.2. The standard InChI is InChI=1S/C10H16ClN3/c1-2-4-9-7-10(14-8-13-9)12-6-3-5-11/h7-8H,2-6H2,1H3,(H,12,13,14). The van der Waals surface area contributed by atoms with Gasteiger partial charge in [0, 0.05) is 24.2 Å². The van der Waals surface area contributed by atoms with Crippen LogP contribution in [0.15, 0.2) is 12.4 Å². The molecule has 4 heteroatoms. The van der Waals surface area contributed by atoms with Gasteiger partial charge >= 0.3 is 0 Å². The van der Waals surface area contributed by atoms with Crippen LogP contribution >= 0.6 is 11.6 Å². The maximum absolute atomic E-state index is 5.58. The van der Waals surface area contributed by atoms with Gasteiger partial charge in [-0.2, -0.15) is 0 Å². The van der Waals surface area contributed by atoms with Gasteiger partial charge in [-0.3, -0.25) is 0 Å². The Morgan fingerprint density at radius 3 is 3.00 bits per heavy atom. The summed E-state index contributed by atoms with van der Waals surface area (Å²) >= 11 is 5.58. The maximum atomic E-state index is 5.58. The van der Waals surface area contributed by atoms with E-state index in [4.69, 9.17) is 11.6 Å². The number of halogens is 1. The molecular formula is C10H16ClN3. The summed E-state index contributed by atoms with van der Waals surface area (Å²) in [6.45, 7) is 3.01. The Kier molecular flexibility index (Phi) is 5.30. The molecule has 0 aliphatic heterocycles. The highest BCUT2D eigenvalue weighted by Gasteiger charge is 1.96. The fraction of sp³-hybridized carbons (Fsp3) is 0.600. The summed E-state index contributed by atoms with van der Waals surface area (Å²) < 4.78 is 0. The van der Waals surface area contributed by atoms with Crippen molar-refractivity contribution in [2.45, 2.75) is 26.2 Å². The average molecular weight is 214 g/mol. The quantitative estimate of drug-likeness (QED) is 0.583. The van der Waals surface area contributed by atoms with Crippen molar-refractivity contribution in [1.82, 2.24) is 9.97 Å². The van der Waals surface area contributed by atoms with Gasteiger partial charge in [-0.15, -0.1) is 11.6 Å². The molecule has 0 spiro atoms. The Morgan fingerprint density at radius 2 is 2.29 bits per heavy atom. The van der Waals surface area contributed by atoms with E-state index in [1.54, 1.807) is 6.33 Å². The fourth-order valence-electron chi connectivity index (χ4n) is 1.17. The number of nitrogens with one attached hydrogen (secondary N) is 1. The first-order valence-corrected chi connectivity index (χ1v) is 5.51. The normalized spacial score (nSPS) is 10.1. The number of anilines is 1. The molecule has 0 aliphatic rings. The highest BCUT2D eigenvalue weighted by molar-refractivity contribution is 6.17. The second-order valence-corrected chi connectivity index (χ2v) is 3.49. The Morgan fingerprint density at radius 1 is 1.43 bits per heavy atom. The van der Waals surface area contributed by atoms with Gasteiger partial charge in [0.2, 0.25) is 0 Å². The Bertz CT molecular complexity index is 265. The second-order valence-electron chi connectivity index (χ2n) is 3.11. The number of alkyl halides is 1. The molecule has 0 unspecified atom stereocenters. The number of nitrogens with zero attached hydrogens (tertiary/aromatic N) is 2. The van der Waals surface area contributed by atoms with E-state index in [2.05, 4.69) is 22.2 Å². The van der Waals surface area contributed by atoms with E-state index in [0.717, 1.165) is 37.3 Å². The van der Waals surface area contributed by atoms with Gasteiger partial charge < -0.3 is 5.32 Å². The minimum atomic E-state index is 0.680. The molecule has 0 radical (unpaired) electrons. The molecule has 0 atom stereocenters. The molecule has 0 saturated heterocycles. The van der Waals surface area contributed by atoms with Crippen LogP contribution in [0.3, 0.4) is 0 Å². The second kappa shape index (κ2) is 6.60. The number of rotatable bonds is 6. The first-order valence-electron chi connectivity index (χ1n) is 4.97. The monoisotopic (exact) mass is 213 g/mol. The van der Waals surface area contributed by atoms with Crippen LogP contribution in [0.4, 0.5) is 5.82 Å². The molecule has 14 heavy (non-hydrogen) atoms. The van der Waals surface area contributed by atoms with Crippen LogP contribution in [-0.4, -0.2) is 22.4 Å². The van der Waals surface area contributed by atoms with Gasteiger partial charge in [-0.25, -0.2) is 9.97 Å². The predicted octanol–water partition coefficient (Wildman–Crippen LogP) is 2.47. The van der Waals surface area contributed by atoms with E-state index in [-0.39, 0.29) is 0 Å². The van der Waals surface area contributed by atoms with Crippen LogP contribution in [0.1, 0.15) is 25.5 Å². The van der Waals surface area contributed by atoms with Crippen LogP contribution in [0.25, 0.3) is 0 Å². The smallest absolute Gasteiger partial charge is 0.129 e. The molecule has 1 N–H and O–H groups in total. The van der Waals surface area contributed by atoms with Crippen molar-refractivity contribution in [1.29, 1.82) is 0 Å². The minimum Gasteiger partial charge on any atom is -0.370 e. The number of aromatic nitrogens is 2. The molecule has 0 amide bonds. The molecule has 0 aliphatic carbocycles. The van der Waals surface area contributed by atoms with Crippen molar-refractivity contribution in [3.63, 3.8) is 0 Å². The lowest BCUT2D eigenvalue weighted by Crippen LogP contribution is -2.04. The Balaban J connectivity index is 2.46. The van der Waals surface area contributed by atoms with Gasteiger partial charge in [-0.05, 0) is 12.8 Å². The van der Waals surface area contributed by atoms with Crippen LogP contribution in [0, 0.1) is 0 Å². The first kappa shape index (κ1) is 11.2. The fourth-order valence-corrected chi connectivity index (χ4v) is 1.30. The van der Waals surface area contributed by atoms with Crippen molar-refractivity contribution in [3.05, 3.63) is 18.1 Å². The number of hydrogen-bond acceptors (Lipinski definition) is 3. The van der Waals surface area contributed by atoms with Crippen molar-refractivity contribution in [3.8, 4) is 0 Å². The van der Waals surface area contributed by atoms with Gasteiger partial charge in [0.1, 0.15) is 12.1 Å². The molecule has 78 valence electrons. The lowest BCUT2D eigenvalue weighted by molar-refractivity contribution is 0.869. The van der Waals surface area contributed by atoms with Gasteiger partial charge in [0.15, 0.2) is 0 Å².